The Labute approximate surface area is 147 Å². The maximum Gasteiger partial charge on any atom is 0.348 e. The topological polar surface area (TPSA) is 47.7 Å². The number of aryl methyl sites for hydroxylation is 3. The molecule has 0 saturated heterocycles. The van der Waals surface area contributed by atoms with Crippen molar-refractivity contribution in [1.29, 1.82) is 0 Å². The molecule has 0 aliphatic heterocycles. The molecular formula is C20H22N5+. The molecule has 1 aromatic carbocycles. The molecule has 0 aliphatic carbocycles. The van der Waals surface area contributed by atoms with Crippen LogP contribution in [0.2, 0.25) is 0 Å². The maximum atomic E-state index is 4.56. The lowest BCUT2D eigenvalue weighted by molar-refractivity contribution is -0.598. The fraction of sp³-hybridized carbons (Fsp3) is 0.300. The Balaban J connectivity index is 2.15. The van der Waals surface area contributed by atoms with E-state index in [-0.39, 0.29) is 0 Å². The number of benzene rings is 1. The van der Waals surface area contributed by atoms with Crippen LogP contribution in [0.5, 0.6) is 0 Å². The second kappa shape index (κ2) is 5.62. The minimum Gasteiger partial charge on any atom is -0.155 e. The van der Waals surface area contributed by atoms with Crippen molar-refractivity contribution in [3.8, 4) is 5.69 Å². The van der Waals surface area contributed by atoms with Gasteiger partial charge in [-0.3, -0.25) is 0 Å². The summed E-state index contributed by atoms with van der Waals surface area (Å²) in [5.41, 5.74) is 6.38. The molecule has 0 fully saturated rings. The van der Waals surface area contributed by atoms with Gasteiger partial charge >= 0.3 is 5.65 Å². The molecule has 5 heteroatoms. The lowest BCUT2D eigenvalue weighted by Crippen LogP contribution is -2.31. The van der Waals surface area contributed by atoms with Crippen LogP contribution in [0.4, 0.5) is 0 Å². The van der Waals surface area contributed by atoms with Gasteiger partial charge in [-0.2, -0.15) is 10.2 Å². The molecule has 3 heterocycles. The molecule has 4 aromatic rings. The minimum atomic E-state index is 0.428. The summed E-state index contributed by atoms with van der Waals surface area (Å²) in [6, 6.07) is 8.61. The first-order valence-corrected chi connectivity index (χ1v) is 8.59. The molecule has 3 aromatic heterocycles. The Hall–Kier alpha value is -2.82. The summed E-state index contributed by atoms with van der Waals surface area (Å²) in [7, 11) is 0. The maximum absolute atomic E-state index is 4.56. The molecule has 5 nitrogen and oxygen atoms in total. The highest BCUT2D eigenvalue weighted by Crippen LogP contribution is 2.30. The molecule has 0 radical (unpaired) electrons. The first-order valence-electron chi connectivity index (χ1n) is 8.59. The van der Waals surface area contributed by atoms with Crippen LogP contribution >= 0.6 is 0 Å². The third-order valence-corrected chi connectivity index (χ3v) is 4.74. The van der Waals surface area contributed by atoms with Crippen LogP contribution in [-0.2, 0) is 0 Å². The number of rotatable bonds is 2. The molecule has 126 valence electrons. The summed E-state index contributed by atoms with van der Waals surface area (Å²) in [5.74, 6) is 0.428. The van der Waals surface area contributed by atoms with Gasteiger partial charge in [0.25, 0.3) is 0 Å². The third-order valence-electron chi connectivity index (χ3n) is 4.74. The summed E-state index contributed by atoms with van der Waals surface area (Å²) in [6.45, 7) is 10.6. The Morgan fingerprint density at radius 3 is 2.52 bits per heavy atom. The number of hydrogen-bond acceptors (Lipinski definition) is 3. The summed E-state index contributed by atoms with van der Waals surface area (Å²) < 4.78 is 4.19. The second-order valence-corrected chi connectivity index (χ2v) is 6.99. The highest BCUT2D eigenvalue weighted by atomic mass is 15.4. The van der Waals surface area contributed by atoms with Crippen molar-refractivity contribution in [2.45, 2.75) is 40.5 Å². The van der Waals surface area contributed by atoms with Gasteiger partial charge in [-0.25, -0.2) is 0 Å². The molecular weight excluding hydrogens is 310 g/mol. The number of aromatic nitrogens is 5. The summed E-state index contributed by atoms with van der Waals surface area (Å²) in [5, 5.41) is 11.0. The fourth-order valence-corrected chi connectivity index (χ4v) is 3.29. The molecule has 0 N–H and O–H groups in total. The molecule has 0 unspecified atom stereocenters. The zero-order valence-corrected chi connectivity index (χ0v) is 15.3. The van der Waals surface area contributed by atoms with Crippen LogP contribution in [0.15, 0.2) is 36.8 Å². The van der Waals surface area contributed by atoms with Gasteiger partial charge in [-0.15, -0.1) is 9.20 Å². The largest absolute Gasteiger partial charge is 0.348 e. The van der Waals surface area contributed by atoms with Gasteiger partial charge in [0.05, 0.1) is 17.1 Å². The fourth-order valence-electron chi connectivity index (χ4n) is 3.29. The molecule has 25 heavy (non-hydrogen) atoms. The van der Waals surface area contributed by atoms with Crippen molar-refractivity contribution in [3.05, 3.63) is 59.3 Å². The van der Waals surface area contributed by atoms with E-state index < -0.39 is 0 Å². The third kappa shape index (κ3) is 2.47. The SMILES string of the molecule is Cc1ccc2ncn(-c3cc(C(C)C)cc4c(C)nnc(C)c34)[n+]2c1. The number of pyridine rings is 1. The van der Waals surface area contributed by atoms with Crippen molar-refractivity contribution in [2.75, 3.05) is 0 Å². The van der Waals surface area contributed by atoms with E-state index >= 15 is 0 Å². The van der Waals surface area contributed by atoms with Gasteiger partial charge in [0.15, 0.2) is 0 Å². The van der Waals surface area contributed by atoms with E-state index in [0.717, 1.165) is 33.5 Å². The van der Waals surface area contributed by atoms with Crippen LogP contribution < -0.4 is 4.52 Å². The number of hydrogen-bond donors (Lipinski definition) is 0. The Morgan fingerprint density at radius 1 is 1.00 bits per heavy atom. The lowest BCUT2D eigenvalue weighted by atomic mass is 9.97. The van der Waals surface area contributed by atoms with Crippen molar-refractivity contribution >= 4 is 16.4 Å². The lowest BCUT2D eigenvalue weighted by Gasteiger charge is -2.14. The summed E-state index contributed by atoms with van der Waals surface area (Å²) >= 11 is 0. The highest BCUT2D eigenvalue weighted by molar-refractivity contribution is 5.93. The van der Waals surface area contributed by atoms with Crippen LogP contribution in [0.1, 0.15) is 42.3 Å². The molecule has 0 spiro atoms. The van der Waals surface area contributed by atoms with E-state index in [1.165, 1.54) is 11.1 Å². The molecule has 4 rings (SSSR count). The van der Waals surface area contributed by atoms with Gasteiger partial charge in [0.1, 0.15) is 6.20 Å². The summed E-state index contributed by atoms with van der Waals surface area (Å²) in [6.07, 6.45) is 3.98. The Morgan fingerprint density at radius 2 is 1.76 bits per heavy atom. The van der Waals surface area contributed by atoms with Crippen molar-refractivity contribution in [1.82, 2.24) is 19.9 Å². The van der Waals surface area contributed by atoms with Crippen LogP contribution in [0.3, 0.4) is 0 Å². The van der Waals surface area contributed by atoms with Crippen molar-refractivity contribution in [2.24, 2.45) is 0 Å². The van der Waals surface area contributed by atoms with E-state index in [9.17, 15) is 0 Å². The normalized spacial score (nSPS) is 11.8. The first kappa shape index (κ1) is 15.7. The Bertz CT molecular complexity index is 1110. The van der Waals surface area contributed by atoms with Crippen LogP contribution in [0, 0.1) is 20.8 Å². The smallest absolute Gasteiger partial charge is 0.155 e. The minimum absolute atomic E-state index is 0.428. The van der Waals surface area contributed by atoms with E-state index in [0.29, 0.717) is 5.92 Å². The number of nitrogens with zero attached hydrogens (tertiary/aromatic N) is 5. The zero-order chi connectivity index (χ0) is 17.7. The number of fused-ring (bicyclic) bond motifs is 2. The quantitative estimate of drug-likeness (QED) is 0.527. The monoisotopic (exact) mass is 332 g/mol. The standard InChI is InChI=1S/C20H22N5/c1-12(2)16-8-17-14(4)22-23-15(5)20(17)18(9-16)25-11-21-19-7-6-13(3)10-24(19)25/h6-12H,1-5H3/q+1. The second-order valence-electron chi connectivity index (χ2n) is 6.99. The van der Waals surface area contributed by atoms with E-state index in [1.54, 1.807) is 0 Å². The molecule has 0 aliphatic rings. The molecule has 0 amide bonds. The van der Waals surface area contributed by atoms with Gasteiger partial charge in [-0.1, -0.05) is 13.8 Å². The average molecular weight is 332 g/mol. The van der Waals surface area contributed by atoms with Crippen molar-refractivity contribution in [3.63, 3.8) is 0 Å². The van der Waals surface area contributed by atoms with E-state index in [4.69, 9.17) is 0 Å². The van der Waals surface area contributed by atoms with E-state index in [2.05, 4.69) is 69.5 Å². The Kier molecular flexibility index (Phi) is 3.53. The average Bonchev–Trinajstić information content (AvgIpc) is 3.00. The molecule has 0 saturated carbocycles. The predicted octanol–water partition coefficient (Wildman–Crippen LogP) is 3.60. The zero-order valence-electron chi connectivity index (χ0n) is 15.3. The van der Waals surface area contributed by atoms with Crippen LogP contribution in [-0.4, -0.2) is 19.9 Å². The van der Waals surface area contributed by atoms with E-state index in [1.807, 2.05) is 26.2 Å². The van der Waals surface area contributed by atoms with Crippen molar-refractivity contribution < 1.29 is 4.52 Å². The van der Waals surface area contributed by atoms with Gasteiger partial charge < -0.3 is 0 Å². The van der Waals surface area contributed by atoms with Gasteiger partial charge in [0, 0.05) is 16.8 Å². The van der Waals surface area contributed by atoms with Crippen LogP contribution in [0.25, 0.3) is 22.1 Å². The van der Waals surface area contributed by atoms with Gasteiger partial charge in [-0.05, 0) is 61.0 Å². The summed E-state index contributed by atoms with van der Waals surface area (Å²) in [4.78, 5) is 4.56. The first-order chi connectivity index (χ1) is 12.0. The van der Waals surface area contributed by atoms with Gasteiger partial charge in [0.2, 0.25) is 6.33 Å². The predicted molar refractivity (Wildman–Crippen MR) is 98.1 cm³/mol. The highest BCUT2D eigenvalue weighted by Gasteiger charge is 2.19. The molecule has 0 atom stereocenters. The molecule has 0 bridgehead atoms.